The number of amides is 1. The Balaban J connectivity index is 2.08. The number of carboxylic acid groups (broad SMARTS) is 1. The number of methoxy groups -OCH3 is 1. The van der Waals surface area contributed by atoms with Crippen LogP contribution in [-0.4, -0.2) is 42.1 Å². The van der Waals surface area contributed by atoms with Crippen molar-refractivity contribution in [3.8, 4) is 5.75 Å². The first kappa shape index (κ1) is 17.4. The zero-order valence-corrected chi connectivity index (χ0v) is 12.9. The van der Waals surface area contributed by atoms with Gasteiger partial charge in [0.15, 0.2) is 0 Å². The van der Waals surface area contributed by atoms with E-state index in [0.717, 1.165) is 18.6 Å². The van der Waals surface area contributed by atoms with E-state index in [-0.39, 0.29) is 11.7 Å². The predicted molar refractivity (Wildman–Crippen MR) is 83.9 cm³/mol. The SMILES string of the molecule is COc1ccc(CCCC(=O)NCCSCC(=O)O)cc1. The molecule has 5 nitrogen and oxygen atoms in total. The van der Waals surface area contributed by atoms with Crippen molar-refractivity contribution in [2.24, 2.45) is 0 Å². The third kappa shape index (κ3) is 8.24. The Morgan fingerprint density at radius 3 is 2.62 bits per heavy atom. The molecule has 1 amide bonds. The maximum atomic E-state index is 11.6. The highest BCUT2D eigenvalue weighted by atomic mass is 32.2. The second kappa shape index (κ2) is 10.1. The molecule has 0 aromatic heterocycles. The van der Waals surface area contributed by atoms with E-state index in [1.54, 1.807) is 7.11 Å². The van der Waals surface area contributed by atoms with Gasteiger partial charge in [-0.05, 0) is 30.5 Å². The molecule has 6 heteroatoms. The molecule has 0 saturated carbocycles. The molecule has 116 valence electrons. The van der Waals surface area contributed by atoms with Crippen LogP contribution in [-0.2, 0) is 16.0 Å². The number of aryl methyl sites for hydroxylation is 1. The van der Waals surface area contributed by atoms with Gasteiger partial charge >= 0.3 is 5.97 Å². The number of hydrogen-bond donors (Lipinski definition) is 2. The van der Waals surface area contributed by atoms with Crippen molar-refractivity contribution in [3.63, 3.8) is 0 Å². The molecule has 21 heavy (non-hydrogen) atoms. The van der Waals surface area contributed by atoms with Crippen LogP contribution in [0.3, 0.4) is 0 Å². The lowest BCUT2D eigenvalue weighted by molar-refractivity contribution is -0.133. The maximum Gasteiger partial charge on any atom is 0.313 e. The van der Waals surface area contributed by atoms with Gasteiger partial charge in [0.25, 0.3) is 0 Å². The van der Waals surface area contributed by atoms with Crippen molar-refractivity contribution in [1.29, 1.82) is 0 Å². The summed E-state index contributed by atoms with van der Waals surface area (Å²) in [6.07, 6.45) is 2.13. The Bertz CT molecular complexity index is 447. The van der Waals surface area contributed by atoms with E-state index in [4.69, 9.17) is 9.84 Å². The normalized spacial score (nSPS) is 10.1. The minimum atomic E-state index is -0.828. The fourth-order valence-electron chi connectivity index (χ4n) is 1.76. The second-order valence-corrected chi connectivity index (χ2v) is 5.60. The van der Waals surface area contributed by atoms with Gasteiger partial charge in [-0.15, -0.1) is 11.8 Å². The molecule has 0 radical (unpaired) electrons. The third-order valence-electron chi connectivity index (χ3n) is 2.82. The molecule has 1 aromatic rings. The Kier molecular flexibility index (Phi) is 8.35. The Morgan fingerprint density at radius 1 is 1.29 bits per heavy atom. The molecule has 0 aliphatic rings. The molecule has 0 atom stereocenters. The van der Waals surface area contributed by atoms with Crippen LogP contribution < -0.4 is 10.1 Å². The molecule has 1 rings (SSSR count). The van der Waals surface area contributed by atoms with E-state index < -0.39 is 5.97 Å². The highest BCUT2D eigenvalue weighted by Gasteiger charge is 2.02. The van der Waals surface area contributed by atoms with Gasteiger partial charge in [-0.2, -0.15) is 0 Å². The number of carboxylic acids is 1. The summed E-state index contributed by atoms with van der Waals surface area (Å²) >= 11 is 1.30. The van der Waals surface area contributed by atoms with Crippen LogP contribution in [0.4, 0.5) is 0 Å². The number of hydrogen-bond acceptors (Lipinski definition) is 4. The van der Waals surface area contributed by atoms with Gasteiger partial charge in [-0.25, -0.2) is 0 Å². The first-order chi connectivity index (χ1) is 10.1. The summed E-state index contributed by atoms with van der Waals surface area (Å²) in [5.41, 5.74) is 1.18. The van der Waals surface area contributed by atoms with Crippen molar-refractivity contribution in [3.05, 3.63) is 29.8 Å². The summed E-state index contributed by atoms with van der Waals surface area (Å²) in [7, 11) is 1.63. The van der Waals surface area contributed by atoms with E-state index in [2.05, 4.69) is 5.32 Å². The predicted octanol–water partition coefficient (Wildman–Crippen LogP) is 1.95. The van der Waals surface area contributed by atoms with Crippen LogP contribution in [0.25, 0.3) is 0 Å². The van der Waals surface area contributed by atoms with E-state index in [1.807, 2.05) is 24.3 Å². The number of ether oxygens (including phenoxy) is 1. The lowest BCUT2D eigenvalue weighted by Crippen LogP contribution is -2.25. The lowest BCUT2D eigenvalue weighted by Gasteiger charge is -2.05. The molecule has 0 bridgehead atoms. The quantitative estimate of drug-likeness (QED) is 0.646. The van der Waals surface area contributed by atoms with E-state index in [9.17, 15) is 9.59 Å². The smallest absolute Gasteiger partial charge is 0.313 e. The highest BCUT2D eigenvalue weighted by molar-refractivity contribution is 7.99. The summed E-state index contributed by atoms with van der Waals surface area (Å²) < 4.78 is 5.09. The summed E-state index contributed by atoms with van der Waals surface area (Å²) in [6, 6.07) is 7.82. The molecular formula is C15H21NO4S. The Labute approximate surface area is 129 Å². The summed E-state index contributed by atoms with van der Waals surface area (Å²) in [6.45, 7) is 0.513. The molecule has 0 heterocycles. The minimum absolute atomic E-state index is 0.0134. The van der Waals surface area contributed by atoms with Gasteiger partial charge in [-0.1, -0.05) is 12.1 Å². The zero-order valence-electron chi connectivity index (χ0n) is 12.1. The van der Waals surface area contributed by atoms with Crippen molar-refractivity contribution in [1.82, 2.24) is 5.32 Å². The highest BCUT2D eigenvalue weighted by Crippen LogP contribution is 2.13. The number of thioether (sulfide) groups is 1. The summed E-state index contributed by atoms with van der Waals surface area (Å²) in [5, 5.41) is 11.3. The first-order valence-corrected chi connectivity index (χ1v) is 7.96. The average Bonchev–Trinajstić information content (AvgIpc) is 2.47. The molecule has 2 N–H and O–H groups in total. The lowest BCUT2D eigenvalue weighted by atomic mass is 10.1. The van der Waals surface area contributed by atoms with Crippen LogP contribution in [0.5, 0.6) is 5.75 Å². The summed E-state index contributed by atoms with van der Waals surface area (Å²) in [4.78, 5) is 21.9. The van der Waals surface area contributed by atoms with Crippen LogP contribution in [0.2, 0.25) is 0 Å². The van der Waals surface area contributed by atoms with Crippen LogP contribution in [0, 0.1) is 0 Å². The topological polar surface area (TPSA) is 75.6 Å². The fraction of sp³-hybridized carbons (Fsp3) is 0.467. The zero-order chi connectivity index (χ0) is 15.5. The molecule has 0 unspecified atom stereocenters. The number of carbonyl (C=O) groups is 2. The van der Waals surface area contributed by atoms with Crippen LogP contribution in [0.1, 0.15) is 18.4 Å². The van der Waals surface area contributed by atoms with E-state index in [1.165, 1.54) is 17.3 Å². The number of rotatable bonds is 10. The number of aliphatic carboxylic acids is 1. The molecule has 0 spiro atoms. The summed E-state index contributed by atoms with van der Waals surface area (Å²) in [5.74, 6) is 0.713. The van der Waals surface area contributed by atoms with Gasteiger partial charge < -0.3 is 15.2 Å². The van der Waals surface area contributed by atoms with Gasteiger partial charge in [0.05, 0.1) is 12.9 Å². The van der Waals surface area contributed by atoms with Crippen molar-refractivity contribution < 1.29 is 19.4 Å². The second-order valence-electron chi connectivity index (χ2n) is 4.50. The van der Waals surface area contributed by atoms with E-state index in [0.29, 0.717) is 18.7 Å². The van der Waals surface area contributed by atoms with Crippen LogP contribution in [0.15, 0.2) is 24.3 Å². The largest absolute Gasteiger partial charge is 0.497 e. The Morgan fingerprint density at radius 2 is 2.00 bits per heavy atom. The maximum absolute atomic E-state index is 11.6. The first-order valence-electron chi connectivity index (χ1n) is 6.81. The Hall–Kier alpha value is -1.69. The van der Waals surface area contributed by atoms with Crippen molar-refractivity contribution >= 4 is 23.6 Å². The van der Waals surface area contributed by atoms with Gasteiger partial charge in [0.2, 0.25) is 5.91 Å². The van der Waals surface area contributed by atoms with Gasteiger partial charge in [0.1, 0.15) is 5.75 Å². The van der Waals surface area contributed by atoms with Crippen molar-refractivity contribution in [2.75, 3.05) is 25.2 Å². The molecule has 0 saturated heterocycles. The molecule has 1 aromatic carbocycles. The molecular weight excluding hydrogens is 290 g/mol. The van der Waals surface area contributed by atoms with E-state index >= 15 is 0 Å². The molecule has 0 fully saturated rings. The third-order valence-corrected chi connectivity index (χ3v) is 3.77. The minimum Gasteiger partial charge on any atom is -0.497 e. The van der Waals surface area contributed by atoms with Gasteiger partial charge in [0, 0.05) is 18.7 Å². The molecule has 0 aliphatic carbocycles. The number of nitrogens with one attached hydrogen (secondary N) is 1. The monoisotopic (exact) mass is 311 g/mol. The average molecular weight is 311 g/mol. The van der Waals surface area contributed by atoms with Crippen molar-refractivity contribution in [2.45, 2.75) is 19.3 Å². The standard InChI is InChI=1S/C15H21NO4S/c1-20-13-7-5-12(6-8-13)3-2-4-14(17)16-9-10-21-11-15(18)19/h5-8H,2-4,9-11H2,1H3,(H,16,17)(H,18,19). The number of carbonyl (C=O) groups excluding carboxylic acids is 1. The van der Waals surface area contributed by atoms with Gasteiger partial charge in [-0.3, -0.25) is 9.59 Å². The fourth-order valence-corrected chi connectivity index (χ4v) is 2.32. The number of benzene rings is 1. The molecule has 0 aliphatic heterocycles. The van der Waals surface area contributed by atoms with Crippen LogP contribution >= 0.6 is 11.8 Å².